The number of carboxylic acid groups (broad SMARTS) is 1. The first-order valence-corrected chi connectivity index (χ1v) is 5.18. The fourth-order valence-electron chi connectivity index (χ4n) is 1.06. The molecule has 0 aliphatic carbocycles. The molecule has 0 fully saturated rings. The Morgan fingerprint density at radius 3 is 2.00 bits per heavy atom. The molecular weight excluding hydrogens is 226 g/mol. The molecule has 2 N–H and O–H groups in total. The summed E-state index contributed by atoms with van der Waals surface area (Å²) in [6, 6.07) is -1.32. The van der Waals surface area contributed by atoms with Crippen LogP contribution in [0.25, 0.3) is 0 Å². The molecule has 17 heavy (non-hydrogen) atoms. The number of carboxylic acids is 1. The summed E-state index contributed by atoms with van der Waals surface area (Å²) in [6.45, 7) is 7.83. The molecule has 0 rings (SSSR count). The molecule has 0 aromatic heterocycles. The molecule has 0 heterocycles. The Bertz CT molecular complexity index is 316. The first-order chi connectivity index (χ1) is 7.49. The highest BCUT2D eigenvalue weighted by atomic mass is 16.6. The molecule has 0 spiro atoms. The van der Waals surface area contributed by atoms with Crippen molar-refractivity contribution in [3.63, 3.8) is 0 Å². The Labute approximate surface area is 100 Å². The number of ether oxygens (including phenoxy) is 1. The SMILES string of the molecule is CC(C)(C)OC(=O)N[C@H](C(=O)O)C(C)(C)C=O. The van der Waals surface area contributed by atoms with E-state index < -0.39 is 29.1 Å². The Morgan fingerprint density at radius 2 is 1.71 bits per heavy atom. The lowest BCUT2D eigenvalue weighted by Gasteiger charge is -2.28. The lowest BCUT2D eigenvalue weighted by atomic mass is 9.86. The van der Waals surface area contributed by atoms with Gasteiger partial charge in [0.05, 0.1) is 5.41 Å². The molecule has 0 saturated heterocycles. The van der Waals surface area contributed by atoms with E-state index in [1.165, 1.54) is 13.8 Å². The van der Waals surface area contributed by atoms with Crippen LogP contribution in [0.4, 0.5) is 4.79 Å². The van der Waals surface area contributed by atoms with Gasteiger partial charge < -0.3 is 20.0 Å². The topological polar surface area (TPSA) is 92.7 Å². The summed E-state index contributed by atoms with van der Waals surface area (Å²) < 4.78 is 4.93. The zero-order chi connectivity index (χ0) is 13.9. The van der Waals surface area contributed by atoms with Gasteiger partial charge >= 0.3 is 12.1 Å². The first-order valence-electron chi connectivity index (χ1n) is 5.18. The predicted octanol–water partition coefficient (Wildman–Crippen LogP) is 1.19. The van der Waals surface area contributed by atoms with E-state index >= 15 is 0 Å². The molecule has 0 aliphatic heterocycles. The highest BCUT2D eigenvalue weighted by Crippen LogP contribution is 2.18. The van der Waals surface area contributed by atoms with Crippen molar-refractivity contribution in [2.45, 2.75) is 46.3 Å². The molecule has 6 nitrogen and oxygen atoms in total. The van der Waals surface area contributed by atoms with Crippen LogP contribution < -0.4 is 5.32 Å². The molecule has 0 aromatic carbocycles. The Morgan fingerprint density at radius 1 is 1.24 bits per heavy atom. The molecule has 6 heteroatoms. The number of carbonyl (C=O) groups is 3. The molecular formula is C11H19NO5. The summed E-state index contributed by atoms with van der Waals surface area (Å²) >= 11 is 0. The second kappa shape index (κ2) is 5.16. The van der Waals surface area contributed by atoms with Crippen molar-refractivity contribution in [2.75, 3.05) is 0 Å². The van der Waals surface area contributed by atoms with Crippen LogP contribution in [0.15, 0.2) is 0 Å². The number of hydrogen-bond donors (Lipinski definition) is 2. The number of nitrogens with one attached hydrogen (secondary N) is 1. The summed E-state index contributed by atoms with van der Waals surface area (Å²) in [4.78, 5) is 33.2. The maximum atomic E-state index is 11.4. The highest BCUT2D eigenvalue weighted by molar-refractivity contribution is 5.84. The van der Waals surface area contributed by atoms with Crippen molar-refractivity contribution in [1.82, 2.24) is 5.32 Å². The van der Waals surface area contributed by atoms with Gasteiger partial charge in [0.15, 0.2) is 0 Å². The van der Waals surface area contributed by atoms with Crippen molar-refractivity contribution in [2.24, 2.45) is 5.41 Å². The molecule has 1 amide bonds. The number of aldehydes is 1. The number of rotatable bonds is 4. The lowest BCUT2D eigenvalue weighted by molar-refractivity contribution is -0.144. The number of alkyl carbamates (subject to hydrolysis) is 1. The van der Waals surface area contributed by atoms with E-state index in [1.54, 1.807) is 20.8 Å². The largest absolute Gasteiger partial charge is 0.480 e. The molecule has 98 valence electrons. The maximum Gasteiger partial charge on any atom is 0.408 e. The molecule has 0 aromatic rings. The Kier molecular flexibility index (Phi) is 4.68. The second-order valence-electron chi connectivity index (χ2n) is 5.36. The average molecular weight is 245 g/mol. The number of hydrogen-bond acceptors (Lipinski definition) is 4. The van der Waals surface area contributed by atoms with Gasteiger partial charge in [-0.1, -0.05) is 13.8 Å². The van der Waals surface area contributed by atoms with Crippen molar-refractivity contribution >= 4 is 18.3 Å². The molecule has 0 radical (unpaired) electrons. The van der Waals surface area contributed by atoms with Crippen molar-refractivity contribution in [1.29, 1.82) is 0 Å². The Balaban J connectivity index is 4.75. The van der Waals surface area contributed by atoms with E-state index in [1.807, 2.05) is 0 Å². The van der Waals surface area contributed by atoms with Gasteiger partial charge in [0.1, 0.15) is 17.9 Å². The third-order valence-corrected chi connectivity index (χ3v) is 1.96. The van der Waals surface area contributed by atoms with E-state index in [0.29, 0.717) is 6.29 Å². The van der Waals surface area contributed by atoms with Gasteiger partial charge in [0, 0.05) is 0 Å². The molecule has 0 aliphatic rings. The third-order valence-electron chi connectivity index (χ3n) is 1.96. The summed E-state index contributed by atoms with van der Waals surface area (Å²) in [5.41, 5.74) is -1.93. The van der Waals surface area contributed by atoms with Gasteiger partial charge in [-0.2, -0.15) is 0 Å². The fourth-order valence-corrected chi connectivity index (χ4v) is 1.06. The van der Waals surface area contributed by atoms with Gasteiger partial charge in [-0.25, -0.2) is 9.59 Å². The average Bonchev–Trinajstić information content (AvgIpc) is 2.10. The summed E-state index contributed by atoms with van der Waals surface area (Å²) in [6.07, 6.45) is -0.372. The standard InChI is InChI=1S/C11H19NO5/c1-10(2,3)17-9(16)12-7(8(14)15)11(4,5)6-13/h6-7H,1-5H3,(H,12,16)(H,14,15)/t7-/m1/s1. The summed E-state index contributed by atoms with van der Waals surface area (Å²) in [5.74, 6) is -1.28. The van der Waals surface area contributed by atoms with Gasteiger partial charge in [-0.05, 0) is 20.8 Å². The minimum Gasteiger partial charge on any atom is -0.480 e. The van der Waals surface area contributed by atoms with Crippen molar-refractivity contribution in [3.05, 3.63) is 0 Å². The van der Waals surface area contributed by atoms with Crippen LogP contribution in [0, 0.1) is 5.41 Å². The van der Waals surface area contributed by atoms with Gasteiger partial charge in [0.25, 0.3) is 0 Å². The highest BCUT2D eigenvalue weighted by Gasteiger charge is 2.37. The van der Waals surface area contributed by atoms with Gasteiger partial charge in [0.2, 0.25) is 0 Å². The van der Waals surface area contributed by atoms with E-state index in [9.17, 15) is 14.4 Å². The van der Waals surface area contributed by atoms with Crippen LogP contribution in [-0.2, 0) is 14.3 Å². The lowest BCUT2D eigenvalue weighted by Crippen LogP contribution is -2.52. The summed E-state index contributed by atoms with van der Waals surface area (Å²) in [7, 11) is 0. The van der Waals surface area contributed by atoms with Crippen molar-refractivity contribution in [3.8, 4) is 0 Å². The van der Waals surface area contributed by atoms with E-state index in [0.717, 1.165) is 0 Å². The van der Waals surface area contributed by atoms with Crippen LogP contribution in [0.3, 0.4) is 0 Å². The molecule has 0 saturated carbocycles. The number of carbonyl (C=O) groups excluding carboxylic acids is 2. The minimum atomic E-state index is -1.32. The van der Waals surface area contributed by atoms with E-state index in [-0.39, 0.29) is 0 Å². The smallest absolute Gasteiger partial charge is 0.408 e. The van der Waals surface area contributed by atoms with Gasteiger partial charge in [-0.15, -0.1) is 0 Å². The zero-order valence-corrected chi connectivity index (χ0v) is 10.7. The monoisotopic (exact) mass is 245 g/mol. The summed E-state index contributed by atoms with van der Waals surface area (Å²) in [5, 5.41) is 11.1. The minimum absolute atomic E-state index is 0.489. The van der Waals surface area contributed by atoms with E-state index in [4.69, 9.17) is 9.84 Å². The van der Waals surface area contributed by atoms with Crippen LogP contribution in [0.5, 0.6) is 0 Å². The molecule has 0 bridgehead atoms. The van der Waals surface area contributed by atoms with Crippen LogP contribution >= 0.6 is 0 Å². The maximum absolute atomic E-state index is 11.4. The fraction of sp³-hybridized carbons (Fsp3) is 0.727. The normalized spacial score (nSPS) is 13.7. The first kappa shape index (κ1) is 15.4. The van der Waals surface area contributed by atoms with Crippen LogP contribution in [0.2, 0.25) is 0 Å². The second-order valence-corrected chi connectivity index (χ2v) is 5.36. The molecule has 1 atom stereocenters. The number of amides is 1. The molecule has 0 unspecified atom stereocenters. The predicted molar refractivity (Wildman–Crippen MR) is 60.6 cm³/mol. The van der Waals surface area contributed by atoms with Crippen LogP contribution in [0.1, 0.15) is 34.6 Å². The third kappa shape index (κ3) is 5.33. The van der Waals surface area contributed by atoms with E-state index in [2.05, 4.69) is 5.32 Å². The quantitative estimate of drug-likeness (QED) is 0.726. The van der Waals surface area contributed by atoms with Gasteiger partial charge in [-0.3, -0.25) is 0 Å². The van der Waals surface area contributed by atoms with Crippen molar-refractivity contribution < 1.29 is 24.2 Å². The zero-order valence-electron chi connectivity index (χ0n) is 10.7. The Hall–Kier alpha value is -1.59. The number of aliphatic carboxylic acids is 1. The van der Waals surface area contributed by atoms with Crippen LogP contribution in [-0.4, -0.2) is 35.1 Å².